The van der Waals surface area contributed by atoms with E-state index in [0.717, 1.165) is 26.6 Å². The van der Waals surface area contributed by atoms with E-state index in [9.17, 15) is 23.1 Å². The second kappa shape index (κ2) is 9.40. The van der Waals surface area contributed by atoms with Crippen LogP contribution in [0.1, 0.15) is 28.7 Å². The SMILES string of the molecule is Cc1cc(C)cc(NC(=O)COC(=O)C2CC(O)CN2S(=O)(=O)c2ccc(C)c(C)c2)c1. The summed E-state index contributed by atoms with van der Waals surface area (Å²) in [4.78, 5) is 24.9. The third-order valence-corrected chi connectivity index (χ3v) is 7.31. The number of rotatable bonds is 6. The number of aryl methyl sites for hydroxylation is 4. The number of nitrogens with zero attached hydrogens (tertiary/aromatic N) is 1. The standard InChI is InChI=1S/C23H28N2O6S/c1-14-7-15(2)9-18(8-14)24-22(27)13-31-23(28)21-11-19(26)12-25(21)32(29,30)20-6-5-16(3)17(4)10-20/h5-10,19,21,26H,11-13H2,1-4H3,(H,24,27). The first-order chi connectivity index (χ1) is 15.0. The van der Waals surface area contributed by atoms with E-state index in [1.54, 1.807) is 25.1 Å². The van der Waals surface area contributed by atoms with E-state index in [1.165, 1.54) is 12.1 Å². The number of sulfonamides is 1. The highest BCUT2D eigenvalue weighted by atomic mass is 32.2. The van der Waals surface area contributed by atoms with E-state index in [-0.39, 0.29) is 17.9 Å². The van der Waals surface area contributed by atoms with Crippen molar-refractivity contribution < 1.29 is 27.9 Å². The summed E-state index contributed by atoms with van der Waals surface area (Å²) in [6, 6.07) is 9.04. The Kier molecular flexibility index (Phi) is 7.02. The van der Waals surface area contributed by atoms with Gasteiger partial charge in [0, 0.05) is 18.7 Å². The molecule has 1 aliphatic heterocycles. The number of hydrogen-bond donors (Lipinski definition) is 2. The third kappa shape index (κ3) is 5.35. The van der Waals surface area contributed by atoms with Crippen LogP contribution in [0.2, 0.25) is 0 Å². The number of amides is 1. The highest BCUT2D eigenvalue weighted by Gasteiger charge is 2.44. The summed E-state index contributed by atoms with van der Waals surface area (Å²) < 4.78 is 32.3. The predicted octanol–water partition coefficient (Wildman–Crippen LogP) is 2.23. The van der Waals surface area contributed by atoms with Gasteiger partial charge in [-0.15, -0.1) is 0 Å². The number of carbonyl (C=O) groups is 2. The topological polar surface area (TPSA) is 113 Å². The fourth-order valence-electron chi connectivity index (χ4n) is 3.75. The molecule has 9 heteroatoms. The smallest absolute Gasteiger partial charge is 0.325 e. The maximum Gasteiger partial charge on any atom is 0.325 e. The van der Waals surface area contributed by atoms with Crippen LogP contribution in [-0.2, 0) is 24.3 Å². The third-order valence-electron chi connectivity index (χ3n) is 5.44. The number of esters is 1. The Morgan fingerprint density at radius 2 is 1.72 bits per heavy atom. The van der Waals surface area contributed by atoms with Crippen molar-refractivity contribution >= 4 is 27.6 Å². The lowest BCUT2D eigenvalue weighted by molar-refractivity contribution is -0.150. The second-order valence-electron chi connectivity index (χ2n) is 8.26. The molecule has 1 amide bonds. The molecule has 172 valence electrons. The molecule has 0 spiro atoms. The lowest BCUT2D eigenvalue weighted by Crippen LogP contribution is -2.42. The molecular formula is C23H28N2O6S. The number of benzene rings is 2. The molecule has 3 rings (SSSR count). The van der Waals surface area contributed by atoms with Crippen LogP contribution < -0.4 is 5.32 Å². The Bertz CT molecular complexity index is 1120. The molecular weight excluding hydrogens is 432 g/mol. The Hall–Kier alpha value is -2.75. The fraction of sp³-hybridized carbons (Fsp3) is 0.391. The quantitative estimate of drug-likeness (QED) is 0.639. The number of nitrogens with one attached hydrogen (secondary N) is 1. The minimum absolute atomic E-state index is 0.0417. The van der Waals surface area contributed by atoms with Crippen molar-refractivity contribution in [1.82, 2.24) is 4.31 Å². The largest absolute Gasteiger partial charge is 0.454 e. The van der Waals surface area contributed by atoms with Gasteiger partial charge in [-0.2, -0.15) is 4.31 Å². The molecule has 1 heterocycles. The molecule has 0 bridgehead atoms. The van der Waals surface area contributed by atoms with Gasteiger partial charge in [0.2, 0.25) is 10.0 Å². The first kappa shape index (κ1) is 23.9. The molecule has 1 fully saturated rings. The number of aliphatic hydroxyl groups excluding tert-OH is 1. The van der Waals surface area contributed by atoms with E-state index in [4.69, 9.17) is 4.74 Å². The first-order valence-corrected chi connectivity index (χ1v) is 11.7. The van der Waals surface area contributed by atoms with Crippen LogP contribution in [0.15, 0.2) is 41.3 Å². The van der Waals surface area contributed by atoms with Crippen LogP contribution >= 0.6 is 0 Å². The monoisotopic (exact) mass is 460 g/mol. The van der Waals surface area contributed by atoms with Crippen molar-refractivity contribution in [3.05, 3.63) is 58.7 Å². The van der Waals surface area contributed by atoms with Gasteiger partial charge >= 0.3 is 5.97 Å². The number of carbonyl (C=O) groups excluding carboxylic acids is 2. The molecule has 2 aromatic rings. The molecule has 32 heavy (non-hydrogen) atoms. The van der Waals surface area contributed by atoms with Crippen LogP contribution in [0.3, 0.4) is 0 Å². The van der Waals surface area contributed by atoms with Gasteiger partial charge in [-0.05, 0) is 74.2 Å². The molecule has 2 N–H and O–H groups in total. The van der Waals surface area contributed by atoms with Crippen molar-refractivity contribution in [2.45, 2.75) is 51.2 Å². The molecule has 8 nitrogen and oxygen atoms in total. The normalized spacial score (nSPS) is 19.0. The zero-order valence-corrected chi connectivity index (χ0v) is 19.4. The minimum Gasteiger partial charge on any atom is -0.454 e. The highest BCUT2D eigenvalue weighted by molar-refractivity contribution is 7.89. The summed E-state index contributed by atoms with van der Waals surface area (Å²) in [7, 11) is -4.03. The number of aliphatic hydroxyl groups is 1. The maximum atomic E-state index is 13.1. The average molecular weight is 461 g/mol. The predicted molar refractivity (Wildman–Crippen MR) is 120 cm³/mol. The van der Waals surface area contributed by atoms with Crippen molar-refractivity contribution in [2.24, 2.45) is 0 Å². The lowest BCUT2D eigenvalue weighted by Gasteiger charge is -2.22. The Balaban J connectivity index is 1.69. The van der Waals surface area contributed by atoms with Gasteiger partial charge in [0.05, 0.1) is 11.0 Å². The minimum atomic E-state index is -4.03. The van der Waals surface area contributed by atoms with Crippen molar-refractivity contribution in [2.75, 3.05) is 18.5 Å². The molecule has 2 unspecified atom stereocenters. The van der Waals surface area contributed by atoms with Gasteiger partial charge in [0.15, 0.2) is 6.61 Å². The van der Waals surface area contributed by atoms with Gasteiger partial charge in [-0.3, -0.25) is 9.59 Å². The molecule has 2 atom stereocenters. The molecule has 0 saturated carbocycles. The van der Waals surface area contributed by atoms with Crippen molar-refractivity contribution in [3.63, 3.8) is 0 Å². The van der Waals surface area contributed by atoms with Crippen LogP contribution in [0.25, 0.3) is 0 Å². The average Bonchev–Trinajstić information content (AvgIpc) is 3.10. The number of hydrogen-bond acceptors (Lipinski definition) is 6. The van der Waals surface area contributed by atoms with E-state index in [1.807, 2.05) is 26.8 Å². The molecule has 0 aliphatic carbocycles. The Morgan fingerprint density at radius 3 is 2.34 bits per heavy atom. The van der Waals surface area contributed by atoms with E-state index >= 15 is 0 Å². The summed E-state index contributed by atoms with van der Waals surface area (Å²) in [6.45, 7) is 6.69. The van der Waals surface area contributed by atoms with E-state index in [0.29, 0.717) is 5.69 Å². The zero-order valence-electron chi connectivity index (χ0n) is 18.6. The van der Waals surface area contributed by atoms with Crippen LogP contribution in [0.4, 0.5) is 5.69 Å². The van der Waals surface area contributed by atoms with Gasteiger partial charge in [0.25, 0.3) is 5.91 Å². The van der Waals surface area contributed by atoms with Crippen LogP contribution in [0.5, 0.6) is 0 Å². The fourth-order valence-corrected chi connectivity index (χ4v) is 5.46. The molecule has 1 saturated heterocycles. The maximum absolute atomic E-state index is 13.1. The summed E-state index contributed by atoms with van der Waals surface area (Å²) in [5.74, 6) is -1.41. The summed E-state index contributed by atoms with van der Waals surface area (Å²) in [6.07, 6.45) is -1.10. The van der Waals surface area contributed by atoms with Gasteiger partial charge in [-0.25, -0.2) is 8.42 Å². The van der Waals surface area contributed by atoms with Gasteiger partial charge < -0.3 is 15.2 Å². The number of anilines is 1. The van der Waals surface area contributed by atoms with E-state index < -0.39 is 40.7 Å². The zero-order chi connectivity index (χ0) is 23.6. The summed E-state index contributed by atoms with van der Waals surface area (Å²) in [5, 5.41) is 12.7. The van der Waals surface area contributed by atoms with Crippen molar-refractivity contribution in [1.29, 1.82) is 0 Å². The summed E-state index contributed by atoms with van der Waals surface area (Å²) >= 11 is 0. The molecule has 0 aromatic heterocycles. The van der Waals surface area contributed by atoms with Crippen LogP contribution in [0, 0.1) is 27.7 Å². The summed E-state index contributed by atoms with van der Waals surface area (Å²) in [5.41, 5.74) is 4.27. The second-order valence-corrected chi connectivity index (χ2v) is 10.1. The molecule has 2 aromatic carbocycles. The lowest BCUT2D eigenvalue weighted by atomic mass is 10.1. The Morgan fingerprint density at radius 1 is 1.06 bits per heavy atom. The van der Waals surface area contributed by atoms with Crippen LogP contribution in [-0.4, -0.2) is 55.0 Å². The molecule has 1 aliphatic rings. The van der Waals surface area contributed by atoms with E-state index in [2.05, 4.69) is 5.32 Å². The van der Waals surface area contributed by atoms with Gasteiger partial charge in [0.1, 0.15) is 6.04 Å². The Labute approximate surface area is 188 Å². The number of ether oxygens (including phenoxy) is 1. The van der Waals surface area contributed by atoms with Crippen molar-refractivity contribution in [3.8, 4) is 0 Å². The number of β-amino-alcohol motifs (C(OH)–C–C–N with tert-alkyl or cyclic N) is 1. The highest BCUT2D eigenvalue weighted by Crippen LogP contribution is 2.28. The molecule has 0 radical (unpaired) electrons. The van der Waals surface area contributed by atoms with Gasteiger partial charge in [-0.1, -0.05) is 12.1 Å². The first-order valence-electron chi connectivity index (χ1n) is 10.3.